The molecule has 1 amide bonds. The number of aliphatic hydroxyl groups is 1. The van der Waals surface area contributed by atoms with Crippen molar-refractivity contribution >= 4 is 5.91 Å². The zero-order valence-electron chi connectivity index (χ0n) is 20.0. The van der Waals surface area contributed by atoms with Crippen LogP contribution in [0.15, 0.2) is 42.5 Å². The molecule has 2 bridgehead atoms. The van der Waals surface area contributed by atoms with Crippen LogP contribution < -0.4 is 5.32 Å². The van der Waals surface area contributed by atoms with Crippen LogP contribution in [0.4, 0.5) is 8.78 Å². The normalized spacial score (nSPS) is 24.8. The Morgan fingerprint density at radius 3 is 2.56 bits per heavy atom. The lowest BCUT2D eigenvalue weighted by Crippen LogP contribution is -2.57. The van der Waals surface area contributed by atoms with Crippen molar-refractivity contribution in [3.8, 4) is 11.3 Å². The minimum Gasteiger partial charge on any atom is -0.383 e. The Morgan fingerprint density at radius 2 is 1.86 bits per heavy atom. The molecule has 1 aromatic carbocycles. The molecule has 1 saturated heterocycles. The molecule has 9 heteroatoms. The molecule has 1 aliphatic heterocycles. The average Bonchev–Trinajstić information content (AvgIpc) is 3.22. The first kappa shape index (κ1) is 23.1. The van der Waals surface area contributed by atoms with E-state index < -0.39 is 22.7 Å². The van der Waals surface area contributed by atoms with E-state index in [1.165, 1.54) is 18.2 Å². The Hall–Kier alpha value is -3.30. The Morgan fingerprint density at radius 1 is 1.14 bits per heavy atom. The first-order valence-corrected chi connectivity index (χ1v) is 12.0. The second kappa shape index (κ2) is 7.85. The standard InChI is InChI=1S/C27H26F2N4O3/c1-25(2)16-9-10-27(25,21-8-4-7-19(31-21)24(34)30-12-26(35)13-36-14-26)23-15(16)11-20(32-33-23)22-17(28)5-3-6-18(22)29/h3-8,11,16,35H,9-10,12-14H2,1-2H3,(H,30,34)/t16-,27-/m0/s1. The number of hydrogen-bond acceptors (Lipinski definition) is 6. The number of halogens is 2. The summed E-state index contributed by atoms with van der Waals surface area (Å²) in [7, 11) is 0. The topological polar surface area (TPSA) is 97.2 Å². The summed E-state index contributed by atoms with van der Waals surface area (Å²) < 4.78 is 34.0. The molecule has 3 aliphatic rings. The maximum atomic E-state index is 14.5. The highest BCUT2D eigenvalue weighted by atomic mass is 19.1. The van der Waals surface area contributed by atoms with Gasteiger partial charge in [-0.1, -0.05) is 26.0 Å². The molecule has 186 valence electrons. The number of nitrogens with zero attached hydrogens (tertiary/aromatic N) is 3. The zero-order valence-corrected chi connectivity index (χ0v) is 20.0. The van der Waals surface area contributed by atoms with Crippen molar-refractivity contribution in [3.63, 3.8) is 0 Å². The third-order valence-corrected chi connectivity index (χ3v) is 8.34. The molecule has 3 aromatic rings. The predicted molar refractivity (Wildman–Crippen MR) is 126 cm³/mol. The number of carbonyl (C=O) groups excluding carboxylic acids is 1. The molecule has 6 rings (SSSR count). The number of amides is 1. The minimum absolute atomic E-state index is 0.0835. The van der Waals surface area contributed by atoms with Crippen LogP contribution in [0.3, 0.4) is 0 Å². The van der Waals surface area contributed by atoms with Crippen molar-refractivity contribution < 1.29 is 23.4 Å². The molecule has 0 unspecified atom stereocenters. The lowest BCUT2D eigenvalue weighted by atomic mass is 9.66. The number of benzene rings is 1. The summed E-state index contributed by atoms with van der Waals surface area (Å²) in [6.45, 7) is 4.76. The molecule has 36 heavy (non-hydrogen) atoms. The van der Waals surface area contributed by atoms with Gasteiger partial charge in [0.15, 0.2) is 0 Å². The van der Waals surface area contributed by atoms with Gasteiger partial charge < -0.3 is 15.2 Å². The monoisotopic (exact) mass is 492 g/mol. The number of rotatable bonds is 5. The van der Waals surface area contributed by atoms with E-state index in [0.29, 0.717) is 5.69 Å². The maximum absolute atomic E-state index is 14.5. The number of carbonyl (C=O) groups is 1. The van der Waals surface area contributed by atoms with Gasteiger partial charge in [-0.15, -0.1) is 5.10 Å². The van der Waals surface area contributed by atoms with Crippen LogP contribution in [0.1, 0.15) is 60.0 Å². The van der Waals surface area contributed by atoms with Gasteiger partial charge in [0.1, 0.15) is 22.9 Å². The van der Waals surface area contributed by atoms with E-state index in [-0.39, 0.29) is 53.9 Å². The van der Waals surface area contributed by atoms with E-state index in [9.17, 15) is 18.7 Å². The predicted octanol–water partition coefficient (Wildman–Crippen LogP) is 3.51. The quantitative estimate of drug-likeness (QED) is 0.566. The molecule has 0 spiro atoms. The molecule has 2 atom stereocenters. The molecule has 2 aliphatic carbocycles. The largest absolute Gasteiger partial charge is 0.383 e. The number of fused-ring (bicyclic) bond motifs is 5. The Kier molecular flexibility index (Phi) is 5.04. The van der Waals surface area contributed by atoms with Crippen molar-refractivity contribution in [2.45, 2.75) is 43.6 Å². The molecule has 3 heterocycles. The summed E-state index contributed by atoms with van der Waals surface area (Å²) in [4.78, 5) is 17.6. The van der Waals surface area contributed by atoms with Crippen molar-refractivity contribution in [3.05, 3.63) is 76.7 Å². The van der Waals surface area contributed by atoms with Gasteiger partial charge in [-0.25, -0.2) is 13.8 Å². The third-order valence-electron chi connectivity index (χ3n) is 8.34. The second-order valence-corrected chi connectivity index (χ2v) is 10.7. The molecule has 7 nitrogen and oxygen atoms in total. The van der Waals surface area contributed by atoms with Crippen LogP contribution >= 0.6 is 0 Å². The number of aromatic nitrogens is 3. The van der Waals surface area contributed by atoms with Crippen molar-refractivity contribution in [2.24, 2.45) is 5.41 Å². The fourth-order valence-corrected chi connectivity index (χ4v) is 6.33. The highest BCUT2D eigenvalue weighted by Gasteiger charge is 2.65. The molecule has 1 saturated carbocycles. The van der Waals surface area contributed by atoms with E-state index in [0.717, 1.165) is 24.1 Å². The second-order valence-electron chi connectivity index (χ2n) is 10.7. The van der Waals surface area contributed by atoms with Gasteiger partial charge in [0, 0.05) is 0 Å². The van der Waals surface area contributed by atoms with Gasteiger partial charge in [-0.05, 0) is 60.1 Å². The molecule has 0 radical (unpaired) electrons. The molecular weight excluding hydrogens is 466 g/mol. The smallest absolute Gasteiger partial charge is 0.269 e. The number of ether oxygens (including phenoxy) is 1. The van der Waals surface area contributed by atoms with Crippen LogP contribution in [0.25, 0.3) is 11.3 Å². The van der Waals surface area contributed by atoms with E-state index in [4.69, 9.17) is 9.72 Å². The summed E-state index contributed by atoms with van der Waals surface area (Å²) >= 11 is 0. The van der Waals surface area contributed by atoms with Crippen molar-refractivity contribution in [1.82, 2.24) is 20.5 Å². The Balaban J connectivity index is 1.39. The summed E-state index contributed by atoms with van der Waals surface area (Å²) in [5.41, 5.74) is 0.668. The SMILES string of the molecule is CC1(C)[C@H]2CC[C@]1(c1cccc(C(=O)NCC3(O)COC3)n1)c1nnc(-c3c(F)cccc3F)cc12. The van der Waals surface area contributed by atoms with Gasteiger partial charge >= 0.3 is 0 Å². The minimum atomic E-state index is -1.04. The van der Waals surface area contributed by atoms with E-state index >= 15 is 0 Å². The summed E-state index contributed by atoms with van der Waals surface area (Å²) in [5.74, 6) is -1.64. The van der Waals surface area contributed by atoms with Gasteiger partial charge in [0.2, 0.25) is 0 Å². The van der Waals surface area contributed by atoms with Gasteiger partial charge in [0.25, 0.3) is 5.91 Å². The number of pyridine rings is 1. The van der Waals surface area contributed by atoms with E-state index in [1.807, 2.05) is 6.07 Å². The third kappa shape index (κ3) is 3.15. The van der Waals surface area contributed by atoms with Gasteiger partial charge in [0.05, 0.1) is 47.8 Å². The average molecular weight is 493 g/mol. The Labute approximate surface area is 206 Å². The zero-order chi connectivity index (χ0) is 25.3. The van der Waals surface area contributed by atoms with Crippen LogP contribution in [-0.2, 0) is 10.2 Å². The first-order valence-electron chi connectivity index (χ1n) is 12.0. The molecular formula is C27H26F2N4O3. The van der Waals surface area contributed by atoms with E-state index in [1.54, 1.807) is 18.2 Å². The van der Waals surface area contributed by atoms with Crippen LogP contribution in [0, 0.1) is 17.0 Å². The maximum Gasteiger partial charge on any atom is 0.269 e. The summed E-state index contributed by atoms with van der Waals surface area (Å²) in [5, 5.41) is 21.7. The highest BCUT2D eigenvalue weighted by molar-refractivity contribution is 5.92. The van der Waals surface area contributed by atoms with Crippen LogP contribution in [0.2, 0.25) is 0 Å². The molecule has 2 N–H and O–H groups in total. The Bertz CT molecular complexity index is 1370. The fraction of sp³-hybridized carbons (Fsp3) is 0.407. The lowest BCUT2D eigenvalue weighted by Gasteiger charge is -2.37. The molecule has 2 aromatic heterocycles. The summed E-state index contributed by atoms with van der Waals surface area (Å²) in [6.07, 6.45) is 1.63. The number of nitrogens with one attached hydrogen (secondary N) is 1. The van der Waals surface area contributed by atoms with E-state index in [2.05, 4.69) is 29.4 Å². The fourth-order valence-electron chi connectivity index (χ4n) is 6.33. The van der Waals surface area contributed by atoms with Crippen LogP contribution in [0.5, 0.6) is 0 Å². The number of hydrogen-bond donors (Lipinski definition) is 2. The van der Waals surface area contributed by atoms with Gasteiger partial charge in [-0.2, -0.15) is 5.10 Å². The van der Waals surface area contributed by atoms with Gasteiger partial charge in [-0.3, -0.25) is 4.79 Å². The lowest BCUT2D eigenvalue weighted by molar-refractivity contribution is -0.173. The first-order chi connectivity index (χ1) is 17.2. The molecule has 2 fully saturated rings. The summed E-state index contributed by atoms with van der Waals surface area (Å²) in [6, 6.07) is 10.8. The van der Waals surface area contributed by atoms with Crippen LogP contribution in [-0.4, -0.2) is 51.6 Å². The van der Waals surface area contributed by atoms with Crippen molar-refractivity contribution in [2.75, 3.05) is 19.8 Å². The van der Waals surface area contributed by atoms with Crippen molar-refractivity contribution in [1.29, 1.82) is 0 Å². The highest BCUT2D eigenvalue weighted by Crippen LogP contribution is 2.69.